The van der Waals surface area contributed by atoms with Gasteiger partial charge in [0.25, 0.3) is 5.56 Å². The zero-order valence-electron chi connectivity index (χ0n) is 18.8. The van der Waals surface area contributed by atoms with E-state index < -0.39 is 10.0 Å². The van der Waals surface area contributed by atoms with Crippen molar-refractivity contribution in [1.29, 1.82) is 0 Å². The molecule has 33 heavy (non-hydrogen) atoms. The summed E-state index contributed by atoms with van der Waals surface area (Å²) >= 11 is 0. The Morgan fingerprint density at radius 3 is 2.55 bits per heavy atom. The number of aryl methyl sites for hydroxylation is 1. The number of Topliss-reactive ketones (excluding diaryl/α,β-unsaturated/α-hetero) is 1. The summed E-state index contributed by atoms with van der Waals surface area (Å²) in [6, 6.07) is 13.5. The average Bonchev–Trinajstić information content (AvgIpc) is 3.32. The lowest BCUT2D eigenvalue weighted by Gasteiger charge is -2.25. The zero-order chi connectivity index (χ0) is 23.6. The molecule has 0 amide bonds. The van der Waals surface area contributed by atoms with Crippen LogP contribution < -0.4 is 5.56 Å². The number of hydrogen-bond acceptors (Lipinski definition) is 5. The lowest BCUT2D eigenvalue weighted by molar-refractivity contribution is 0.0925. The number of carbonyl (C=O) groups excluding carboxylic acids is 1. The van der Waals surface area contributed by atoms with Crippen LogP contribution in [0.3, 0.4) is 0 Å². The number of nitrogens with zero attached hydrogens (tertiary/aromatic N) is 1. The van der Waals surface area contributed by atoms with Crippen LogP contribution in [0.4, 0.5) is 0 Å². The van der Waals surface area contributed by atoms with Crippen molar-refractivity contribution in [3.05, 3.63) is 75.6 Å². The van der Waals surface area contributed by atoms with Crippen LogP contribution in [0.15, 0.2) is 58.2 Å². The zero-order valence-corrected chi connectivity index (χ0v) is 19.7. The van der Waals surface area contributed by atoms with E-state index >= 15 is 0 Å². The van der Waals surface area contributed by atoms with E-state index in [9.17, 15) is 18.0 Å². The number of sulfonamides is 1. The molecule has 0 bridgehead atoms. The summed E-state index contributed by atoms with van der Waals surface area (Å²) in [5.41, 5.74) is 2.35. The lowest BCUT2D eigenvalue weighted by atomic mass is 10.1. The van der Waals surface area contributed by atoms with Gasteiger partial charge in [-0.15, -0.1) is 0 Å². The van der Waals surface area contributed by atoms with Gasteiger partial charge in [-0.25, -0.2) is 8.42 Å². The smallest absolute Gasteiger partial charge is 0.252 e. The van der Waals surface area contributed by atoms with E-state index in [4.69, 9.17) is 4.74 Å². The monoisotopic (exact) mass is 468 g/mol. The molecule has 1 atom stereocenters. The fourth-order valence-corrected chi connectivity index (χ4v) is 5.55. The first-order chi connectivity index (χ1) is 15.8. The second-order valence-corrected chi connectivity index (χ2v) is 10.3. The molecule has 2 aromatic carbocycles. The van der Waals surface area contributed by atoms with Gasteiger partial charge in [-0.05, 0) is 67.5 Å². The van der Waals surface area contributed by atoms with Gasteiger partial charge < -0.3 is 9.72 Å². The number of carbonyl (C=O) groups is 1. The standard InChI is InChI=1S/C25H28N2O5S/c1-3-18-6-11-24-20(13-18)14-21(25(29)26-24)15-27(16-22-5-4-12-32-22)33(30,31)23-9-7-19(8-10-23)17(2)28/h6-11,13-14,22H,3-5,12,15-16H2,1-2H3,(H,26,29)/t22-/m1/s1. The van der Waals surface area contributed by atoms with Crippen molar-refractivity contribution in [1.82, 2.24) is 9.29 Å². The number of nitrogens with one attached hydrogen (secondary N) is 1. The van der Waals surface area contributed by atoms with Gasteiger partial charge in [0.2, 0.25) is 10.0 Å². The fourth-order valence-electron chi connectivity index (χ4n) is 4.10. The maximum atomic E-state index is 13.6. The predicted octanol–water partition coefficient (Wildman–Crippen LogP) is 3.66. The number of rotatable bonds is 8. The summed E-state index contributed by atoms with van der Waals surface area (Å²) in [5.74, 6) is -0.135. The molecule has 1 fully saturated rings. The van der Waals surface area contributed by atoms with E-state index in [2.05, 4.69) is 11.9 Å². The van der Waals surface area contributed by atoms with Crippen LogP contribution in [0, 0.1) is 0 Å². The Morgan fingerprint density at radius 2 is 1.91 bits per heavy atom. The minimum atomic E-state index is -3.92. The van der Waals surface area contributed by atoms with Crippen molar-refractivity contribution >= 4 is 26.7 Å². The molecule has 1 N–H and O–H groups in total. The lowest BCUT2D eigenvalue weighted by Crippen LogP contribution is -2.38. The van der Waals surface area contributed by atoms with E-state index in [0.717, 1.165) is 30.2 Å². The summed E-state index contributed by atoms with van der Waals surface area (Å²) in [6.45, 7) is 4.17. The van der Waals surface area contributed by atoms with Crippen LogP contribution in [-0.4, -0.2) is 42.7 Å². The first kappa shape index (κ1) is 23.4. The molecule has 1 saturated heterocycles. The SMILES string of the molecule is CCc1ccc2[nH]c(=O)c(CN(C[C@H]3CCCO3)S(=O)(=O)c3ccc(C(C)=O)cc3)cc2c1. The highest BCUT2D eigenvalue weighted by Crippen LogP contribution is 2.23. The number of ether oxygens (including phenoxy) is 1. The molecule has 1 aliphatic rings. The van der Waals surface area contributed by atoms with Crippen LogP contribution in [-0.2, 0) is 27.7 Å². The molecule has 0 radical (unpaired) electrons. The van der Waals surface area contributed by atoms with Crippen molar-refractivity contribution in [3.8, 4) is 0 Å². The van der Waals surface area contributed by atoms with E-state index in [1.54, 1.807) is 6.07 Å². The molecule has 0 aliphatic carbocycles. The highest BCUT2D eigenvalue weighted by Gasteiger charge is 2.30. The summed E-state index contributed by atoms with van der Waals surface area (Å²) in [5, 5.41) is 0.865. The van der Waals surface area contributed by atoms with Gasteiger partial charge in [0, 0.05) is 36.3 Å². The summed E-state index contributed by atoms with van der Waals surface area (Å²) < 4.78 is 34.1. The minimum Gasteiger partial charge on any atom is -0.377 e. The number of ketones is 1. The van der Waals surface area contributed by atoms with Crippen molar-refractivity contribution in [3.63, 3.8) is 0 Å². The Morgan fingerprint density at radius 1 is 1.15 bits per heavy atom. The molecule has 174 valence electrons. The van der Waals surface area contributed by atoms with E-state index in [1.807, 2.05) is 18.2 Å². The molecule has 7 nitrogen and oxygen atoms in total. The maximum absolute atomic E-state index is 13.6. The normalized spacial score (nSPS) is 16.5. The third-order valence-corrected chi connectivity index (χ3v) is 7.90. The molecule has 1 aromatic heterocycles. The molecule has 8 heteroatoms. The molecule has 0 spiro atoms. The minimum absolute atomic E-state index is 0.0712. The van der Waals surface area contributed by atoms with Crippen molar-refractivity contribution < 1.29 is 17.9 Å². The van der Waals surface area contributed by atoms with Crippen LogP contribution in [0.25, 0.3) is 10.9 Å². The Hall–Kier alpha value is -2.81. The summed E-state index contributed by atoms with van der Waals surface area (Å²) in [6.07, 6.45) is 2.29. The predicted molar refractivity (Wildman–Crippen MR) is 127 cm³/mol. The third kappa shape index (κ3) is 5.08. The molecule has 3 aromatic rings. The molecule has 4 rings (SSSR count). The van der Waals surface area contributed by atoms with Crippen LogP contribution >= 0.6 is 0 Å². The molecule has 2 heterocycles. The molecule has 0 unspecified atom stereocenters. The molecule has 1 aliphatic heterocycles. The topological polar surface area (TPSA) is 96.5 Å². The van der Waals surface area contributed by atoms with E-state index in [-0.39, 0.29) is 35.4 Å². The average molecular weight is 469 g/mol. The highest BCUT2D eigenvalue weighted by molar-refractivity contribution is 7.89. The largest absolute Gasteiger partial charge is 0.377 e. The van der Waals surface area contributed by atoms with Crippen molar-refractivity contribution in [2.24, 2.45) is 0 Å². The van der Waals surface area contributed by atoms with Crippen molar-refractivity contribution in [2.75, 3.05) is 13.2 Å². The molecular formula is C25H28N2O5S. The van der Waals surface area contributed by atoms with Crippen molar-refractivity contribution in [2.45, 2.75) is 50.7 Å². The first-order valence-electron chi connectivity index (χ1n) is 11.2. The Balaban J connectivity index is 1.72. The van der Waals surface area contributed by atoms with Gasteiger partial charge in [-0.2, -0.15) is 4.31 Å². The quantitative estimate of drug-likeness (QED) is 0.509. The van der Waals surface area contributed by atoms with Crippen LogP contribution in [0.5, 0.6) is 0 Å². The van der Waals surface area contributed by atoms with E-state index in [1.165, 1.54) is 35.5 Å². The van der Waals surface area contributed by atoms with Gasteiger partial charge in [0.05, 0.1) is 11.0 Å². The van der Waals surface area contributed by atoms with Crippen LogP contribution in [0.1, 0.15) is 48.2 Å². The molecule has 0 saturated carbocycles. The summed E-state index contributed by atoms with van der Waals surface area (Å²) in [4.78, 5) is 27.3. The number of aromatic amines is 1. The highest BCUT2D eigenvalue weighted by atomic mass is 32.2. The Bertz CT molecular complexity index is 1320. The van der Waals surface area contributed by atoms with Gasteiger partial charge in [-0.3, -0.25) is 9.59 Å². The van der Waals surface area contributed by atoms with Gasteiger partial charge >= 0.3 is 0 Å². The van der Waals surface area contributed by atoms with Gasteiger partial charge in [-0.1, -0.05) is 25.1 Å². The van der Waals surface area contributed by atoms with E-state index in [0.29, 0.717) is 23.3 Å². The number of fused-ring (bicyclic) bond motifs is 1. The number of H-pyrrole nitrogens is 1. The maximum Gasteiger partial charge on any atom is 0.252 e. The van der Waals surface area contributed by atoms with Crippen LogP contribution in [0.2, 0.25) is 0 Å². The number of benzene rings is 2. The van der Waals surface area contributed by atoms with Gasteiger partial charge in [0.15, 0.2) is 5.78 Å². The number of pyridine rings is 1. The number of aromatic nitrogens is 1. The fraction of sp³-hybridized carbons (Fsp3) is 0.360. The number of hydrogen-bond donors (Lipinski definition) is 1. The molecular weight excluding hydrogens is 440 g/mol. The van der Waals surface area contributed by atoms with Gasteiger partial charge in [0.1, 0.15) is 0 Å². The second-order valence-electron chi connectivity index (χ2n) is 8.41. The Labute approximate surface area is 193 Å². The first-order valence-corrected chi connectivity index (χ1v) is 12.6. The Kier molecular flexibility index (Phi) is 6.78. The summed E-state index contributed by atoms with van der Waals surface area (Å²) in [7, 11) is -3.92. The second kappa shape index (κ2) is 9.59. The third-order valence-electron chi connectivity index (χ3n) is 6.07.